The van der Waals surface area contributed by atoms with Crippen LogP contribution in [0, 0.1) is 10.1 Å². The molecule has 1 aliphatic heterocycles. The first-order valence-corrected chi connectivity index (χ1v) is 9.94. The summed E-state index contributed by atoms with van der Waals surface area (Å²) in [5.41, 5.74) is -0.408. The molecule has 1 heterocycles. The zero-order chi connectivity index (χ0) is 21.8. The van der Waals surface area contributed by atoms with E-state index in [0.29, 0.717) is 6.42 Å². The summed E-state index contributed by atoms with van der Waals surface area (Å²) >= 11 is 0. The van der Waals surface area contributed by atoms with Crippen molar-refractivity contribution in [2.75, 3.05) is 0 Å². The molecule has 1 aromatic rings. The quantitative estimate of drug-likeness (QED) is 0.399. The van der Waals surface area contributed by atoms with Gasteiger partial charge in [-0.05, 0) is 66.0 Å². The van der Waals surface area contributed by atoms with Crippen molar-refractivity contribution >= 4 is 17.7 Å². The lowest BCUT2D eigenvalue weighted by atomic mass is 9.93. The SMILES string of the molecule is C[C@H](C[C@H]1CCC[C@@H](C)N1C(=O)OC(C)(C)C)OC(=O)c1ccc([N+](=O)[O-])cc1. The Hall–Kier alpha value is -2.64. The van der Waals surface area contributed by atoms with Gasteiger partial charge in [0, 0.05) is 30.6 Å². The van der Waals surface area contributed by atoms with E-state index in [2.05, 4.69) is 0 Å². The normalized spacial score (nSPS) is 20.7. The summed E-state index contributed by atoms with van der Waals surface area (Å²) in [5.74, 6) is -0.542. The Morgan fingerprint density at radius 3 is 2.41 bits per heavy atom. The molecule has 160 valence electrons. The number of carbonyl (C=O) groups excluding carboxylic acids is 2. The second-order valence-corrected chi connectivity index (χ2v) is 8.58. The Bertz CT molecular complexity index is 741. The number of nitro groups is 1. The molecule has 1 fully saturated rings. The van der Waals surface area contributed by atoms with E-state index >= 15 is 0 Å². The molecule has 0 aromatic heterocycles. The first-order valence-electron chi connectivity index (χ1n) is 9.94. The van der Waals surface area contributed by atoms with Gasteiger partial charge < -0.3 is 14.4 Å². The molecule has 1 saturated heterocycles. The molecule has 0 radical (unpaired) electrons. The minimum atomic E-state index is -0.577. The van der Waals surface area contributed by atoms with Crippen molar-refractivity contribution in [3.05, 3.63) is 39.9 Å². The number of carbonyl (C=O) groups is 2. The molecule has 0 aliphatic carbocycles. The largest absolute Gasteiger partial charge is 0.459 e. The van der Waals surface area contributed by atoms with E-state index < -0.39 is 22.6 Å². The summed E-state index contributed by atoms with van der Waals surface area (Å²) in [4.78, 5) is 37.0. The fourth-order valence-electron chi connectivity index (χ4n) is 3.56. The molecule has 1 amide bonds. The molecule has 0 bridgehead atoms. The smallest absolute Gasteiger partial charge is 0.410 e. The monoisotopic (exact) mass is 406 g/mol. The molecule has 0 N–H and O–H groups in total. The van der Waals surface area contributed by atoms with Crippen molar-refractivity contribution in [3.63, 3.8) is 0 Å². The van der Waals surface area contributed by atoms with Crippen molar-refractivity contribution in [2.45, 2.75) is 84.1 Å². The maximum atomic E-state index is 12.7. The second-order valence-electron chi connectivity index (χ2n) is 8.58. The van der Waals surface area contributed by atoms with E-state index in [1.165, 1.54) is 24.3 Å². The van der Waals surface area contributed by atoms with Crippen molar-refractivity contribution in [3.8, 4) is 0 Å². The summed E-state index contributed by atoms with van der Waals surface area (Å²) in [6, 6.07) is 5.28. The second kappa shape index (κ2) is 9.24. The fraction of sp³-hybridized carbons (Fsp3) is 0.619. The number of likely N-dealkylation sites (tertiary alicyclic amines) is 1. The van der Waals surface area contributed by atoms with Gasteiger partial charge in [0.2, 0.25) is 0 Å². The third-order valence-corrected chi connectivity index (χ3v) is 4.86. The maximum absolute atomic E-state index is 12.7. The van der Waals surface area contributed by atoms with Gasteiger partial charge in [-0.25, -0.2) is 9.59 Å². The molecular formula is C21H30N2O6. The Kier molecular flexibility index (Phi) is 7.21. The highest BCUT2D eigenvalue weighted by Crippen LogP contribution is 2.28. The number of hydrogen-bond acceptors (Lipinski definition) is 6. The molecule has 2 rings (SSSR count). The lowest BCUT2D eigenvalue weighted by molar-refractivity contribution is -0.384. The van der Waals surface area contributed by atoms with Crippen LogP contribution >= 0.6 is 0 Å². The van der Waals surface area contributed by atoms with Crippen molar-refractivity contribution in [1.82, 2.24) is 4.90 Å². The highest BCUT2D eigenvalue weighted by Gasteiger charge is 2.36. The summed E-state index contributed by atoms with van der Waals surface area (Å²) in [7, 11) is 0. The van der Waals surface area contributed by atoms with E-state index in [0.717, 1.165) is 19.3 Å². The number of hydrogen-bond donors (Lipinski definition) is 0. The van der Waals surface area contributed by atoms with Crippen LogP contribution in [-0.2, 0) is 9.47 Å². The Morgan fingerprint density at radius 1 is 1.24 bits per heavy atom. The molecule has 8 nitrogen and oxygen atoms in total. The average Bonchev–Trinajstić information content (AvgIpc) is 2.60. The van der Waals surface area contributed by atoms with Gasteiger partial charge in [-0.2, -0.15) is 0 Å². The maximum Gasteiger partial charge on any atom is 0.410 e. The van der Waals surface area contributed by atoms with E-state index in [1.54, 1.807) is 11.8 Å². The third kappa shape index (κ3) is 6.44. The first kappa shape index (κ1) is 22.6. The minimum absolute atomic E-state index is 0.0566. The van der Waals surface area contributed by atoms with Gasteiger partial charge in [0.05, 0.1) is 10.5 Å². The number of non-ortho nitro benzene ring substituents is 1. The van der Waals surface area contributed by atoms with Gasteiger partial charge in [-0.1, -0.05) is 0 Å². The molecule has 3 atom stereocenters. The van der Waals surface area contributed by atoms with Crippen molar-refractivity contribution in [1.29, 1.82) is 0 Å². The average molecular weight is 406 g/mol. The number of esters is 1. The van der Waals surface area contributed by atoms with Gasteiger partial charge in [0.25, 0.3) is 5.69 Å². The van der Waals surface area contributed by atoms with Crippen LogP contribution in [0.1, 0.15) is 70.7 Å². The summed E-state index contributed by atoms with van der Waals surface area (Å²) < 4.78 is 11.1. The van der Waals surface area contributed by atoms with Crippen LogP contribution in [0.25, 0.3) is 0 Å². The van der Waals surface area contributed by atoms with Crippen LogP contribution in [0.4, 0.5) is 10.5 Å². The van der Waals surface area contributed by atoms with Gasteiger partial charge >= 0.3 is 12.1 Å². The van der Waals surface area contributed by atoms with Crippen LogP contribution < -0.4 is 0 Å². The van der Waals surface area contributed by atoms with Crippen molar-refractivity contribution in [2.24, 2.45) is 0 Å². The summed E-state index contributed by atoms with van der Waals surface area (Å²) in [6.07, 6.45) is 2.47. The lowest BCUT2D eigenvalue weighted by Crippen LogP contribution is -2.51. The Morgan fingerprint density at radius 2 is 1.86 bits per heavy atom. The van der Waals surface area contributed by atoms with Crippen LogP contribution in [0.5, 0.6) is 0 Å². The van der Waals surface area contributed by atoms with Gasteiger partial charge in [-0.3, -0.25) is 10.1 Å². The molecule has 1 aliphatic rings. The Balaban J connectivity index is 2.01. The molecule has 1 aromatic carbocycles. The fourth-order valence-corrected chi connectivity index (χ4v) is 3.56. The van der Waals surface area contributed by atoms with Gasteiger partial charge in [0.15, 0.2) is 0 Å². The van der Waals surface area contributed by atoms with E-state index in [1.807, 2.05) is 27.7 Å². The predicted octanol–water partition coefficient (Wildman–Crippen LogP) is 4.71. The highest BCUT2D eigenvalue weighted by atomic mass is 16.6. The van der Waals surface area contributed by atoms with E-state index in [4.69, 9.17) is 9.47 Å². The van der Waals surface area contributed by atoms with Crippen LogP contribution in [0.15, 0.2) is 24.3 Å². The number of rotatable bonds is 5. The summed E-state index contributed by atoms with van der Waals surface area (Å²) in [6.45, 7) is 9.30. The molecule has 29 heavy (non-hydrogen) atoms. The molecular weight excluding hydrogens is 376 g/mol. The van der Waals surface area contributed by atoms with Gasteiger partial charge in [-0.15, -0.1) is 0 Å². The summed E-state index contributed by atoms with van der Waals surface area (Å²) in [5, 5.41) is 10.7. The number of piperidine rings is 1. The van der Waals surface area contributed by atoms with Crippen LogP contribution in [-0.4, -0.2) is 45.7 Å². The van der Waals surface area contributed by atoms with Crippen LogP contribution in [0.2, 0.25) is 0 Å². The van der Waals surface area contributed by atoms with E-state index in [9.17, 15) is 19.7 Å². The number of nitro benzene ring substituents is 1. The van der Waals surface area contributed by atoms with Gasteiger partial charge in [0.1, 0.15) is 11.7 Å². The zero-order valence-corrected chi connectivity index (χ0v) is 17.7. The molecule has 0 unspecified atom stereocenters. The lowest BCUT2D eigenvalue weighted by Gasteiger charge is -2.41. The highest BCUT2D eigenvalue weighted by molar-refractivity contribution is 5.89. The van der Waals surface area contributed by atoms with E-state index in [-0.39, 0.29) is 29.4 Å². The Labute approximate surface area is 171 Å². The number of amides is 1. The predicted molar refractivity (Wildman–Crippen MR) is 108 cm³/mol. The third-order valence-electron chi connectivity index (χ3n) is 4.86. The molecule has 0 spiro atoms. The molecule has 8 heteroatoms. The minimum Gasteiger partial charge on any atom is -0.459 e. The van der Waals surface area contributed by atoms with Crippen molar-refractivity contribution < 1.29 is 24.0 Å². The number of benzene rings is 1. The molecule has 0 saturated carbocycles. The van der Waals surface area contributed by atoms with Crippen LogP contribution in [0.3, 0.4) is 0 Å². The zero-order valence-electron chi connectivity index (χ0n) is 17.7. The topological polar surface area (TPSA) is 99.0 Å². The number of nitrogens with zero attached hydrogens (tertiary/aromatic N) is 2. The first-order chi connectivity index (χ1) is 13.5. The standard InChI is InChI=1S/C21H30N2O6/c1-14-7-6-8-18(22(14)20(25)29-21(3,4)5)13-15(2)28-19(24)16-9-11-17(12-10-16)23(26)27/h9-12,14-15,18H,6-8,13H2,1-5H3/t14-,15-,18-/m1/s1. The number of ether oxygens (including phenoxy) is 2.